The summed E-state index contributed by atoms with van der Waals surface area (Å²) in [5.41, 5.74) is -0.472. The van der Waals surface area contributed by atoms with Crippen molar-refractivity contribution in [1.82, 2.24) is 0 Å². The molecule has 0 spiro atoms. The van der Waals surface area contributed by atoms with Gasteiger partial charge in [0.2, 0.25) is 0 Å². The van der Waals surface area contributed by atoms with E-state index in [9.17, 15) is 11.0 Å². The molecule has 0 amide bonds. The van der Waals surface area contributed by atoms with Crippen molar-refractivity contribution in [2.45, 2.75) is 0 Å². The lowest BCUT2D eigenvalue weighted by molar-refractivity contribution is 1.28. The SMILES string of the molecule is [2H]c1c([2H])c([2H])c(-c2c([2H])c([2H])c(N(c3cccc(-c4cccc5cccc(-c6ccccc6)c45)c3)c3c([2H])c([2H])c(-c4c([2H])c([2H])c([2H])c([2H])c4[2H])c([2H])c3[2H])c([2H])c2[2H])c([2H])c1[2H]. The summed E-state index contributed by atoms with van der Waals surface area (Å²) in [7, 11) is 0. The number of fused-ring (bicyclic) bond motifs is 1. The number of anilines is 3. The second-order valence-electron chi connectivity index (χ2n) is 10.4. The molecule has 0 saturated heterocycles. The first kappa shape index (κ1) is 14.9. The van der Waals surface area contributed by atoms with E-state index in [0.29, 0.717) is 5.56 Å². The van der Waals surface area contributed by atoms with Gasteiger partial charge in [-0.15, -0.1) is 0 Å². The molecule has 0 saturated carbocycles. The Morgan fingerprint density at radius 3 is 1.36 bits per heavy atom. The molecule has 8 aromatic rings. The van der Waals surface area contributed by atoms with Crippen LogP contribution in [0.2, 0.25) is 0 Å². The fraction of sp³-hybridized carbons (Fsp3) is 0. The van der Waals surface area contributed by atoms with Gasteiger partial charge in [-0.05, 0) is 91.6 Å². The maximum Gasteiger partial charge on any atom is 0.0645 e. The summed E-state index contributed by atoms with van der Waals surface area (Å²) in [6.45, 7) is 0. The first-order valence-electron chi connectivity index (χ1n) is 23.6. The average Bonchev–Trinajstić information content (AvgIpc) is 3.31. The molecule has 0 heterocycles. The van der Waals surface area contributed by atoms with E-state index < -0.39 is 142 Å². The second kappa shape index (κ2) is 12.7. The van der Waals surface area contributed by atoms with Crippen molar-refractivity contribution in [2.75, 3.05) is 4.90 Å². The number of hydrogen-bond acceptors (Lipinski definition) is 1. The molecule has 0 atom stereocenters. The van der Waals surface area contributed by atoms with Gasteiger partial charge in [0, 0.05) is 17.1 Å². The molecule has 222 valence electrons. The molecular weight excluding hydrogens is 567 g/mol. The molecule has 0 aliphatic heterocycles. The van der Waals surface area contributed by atoms with Crippen molar-refractivity contribution in [2.24, 2.45) is 0 Å². The zero-order valence-corrected chi connectivity index (χ0v) is 24.6. The van der Waals surface area contributed by atoms with Crippen LogP contribution in [0.25, 0.3) is 55.3 Å². The number of benzene rings is 8. The second-order valence-corrected chi connectivity index (χ2v) is 10.4. The quantitative estimate of drug-likeness (QED) is 0.172. The number of hydrogen-bond donors (Lipinski definition) is 0. The Kier molecular flexibility index (Phi) is 4.03. The molecule has 0 aliphatic rings. The van der Waals surface area contributed by atoms with Crippen molar-refractivity contribution in [1.29, 1.82) is 0 Å². The van der Waals surface area contributed by atoms with Crippen LogP contribution >= 0.6 is 0 Å². The van der Waals surface area contributed by atoms with E-state index in [2.05, 4.69) is 0 Å². The van der Waals surface area contributed by atoms with Gasteiger partial charge in [0.25, 0.3) is 0 Å². The molecule has 0 aromatic heterocycles. The minimum Gasteiger partial charge on any atom is -0.310 e. The predicted molar refractivity (Wildman–Crippen MR) is 200 cm³/mol. The van der Waals surface area contributed by atoms with Gasteiger partial charge in [-0.2, -0.15) is 0 Å². The lowest BCUT2D eigenvalue weighted by Gasteiger charge is -2.26. The van der Waals surface area contributed by atoms with E-state index in [1.54, 1.807) is 18.2 Å². The van der Waals surface area contributed by atoms with Crippen LogP contribution in [-0.2, 0) is 0 Å². The Labute approximate surface area is 302 Å². The monoisotopic (exact) mass is 617 g/mol. The van der Waals surface area contributed by atoms with Gasteiger partial charge in [0.1, 0.15) is 0 Å². The van der Waals surface area contributed by atoms with Crippen LogP contribution in [0.1, 0.15) is 24.7 Å². The van der Waals surface area contributed by atoms with Crippen molar-refractivity contribution in [3.8, 4) is 44.5 Å². The minimum absolute atomic E-state index is 0.0319. The first-order valence-corrected chi connectivity index (χ1v) is 14.6. The summed E-state index contributed by atoms with van der Waals surface area (Å²) in [6, 6.07) is 13.4. The van der Waals surface area contributed by atoms with Gasteiger partial charge < -0.3 is 4.90 Å². The maximum atomic E-state index is 9.43. The molecule has 0 bridgehead atoms. The van der Waals surface area contributed by atoms with Crippen molar-refractivity contribution >= 4 is 27.8 Å². The summed E-state index contributed by atoms with van der Waals surface area (Å²) < 4.78 is 158. The minimum atomic E-state index is -0.840. The number of nitrogens with zero attached hydrogens (tertiary/aromatic N) is 1. The van der Waals surface area contributed by atoms with E-state index in [-0.39, 0.29) is 5.69 Å². The Hall–Kier alpha value is -6.18. The smallest absolute Gasteiger partial charge is 0.0645 e. The molecule has 1 nitrogen and oxygen atoms in total. The molecule has 0 N–H and O–H groups in total. The lowest BCUT2D eigenvalue weighted by atomic mass is 9.91. The third-order valence-corrected chi connectivity index (χ3v) is 7.58. The van der Waals surface area contributed by atoms with Crippen molar-refractivity contribution in [3.63, 3.8) is 0 Å². The third kappa shape index (κ3) is 5.72. The van der Waals surface area contributed by atoms with E-state index in [0.717, 1.165) is 32.4 Å². The zero-order valence-electron chi connectivity index (χ0n) is 42.6. The van der Waals surface area contributed by atoms with E-state index in [1.807, 2.05) is 66.7 Å². The Bertz CT molecular complexity index is 3060. The Balaban J connectivity index is 1.47. The maximum absolute atomic E-state index is 9.43. The van der Waals surface area contributed by atoms with E-state index >= 15 is 0 Å². The van der Waals surface area contributed by atoms with Crippen LogP contribution in [0, 0.1) is 0 Å². The zero-order chi connectivity index (χ0) is 47.1. The fourth-order valence-corrected chi connectivity index (χ4v) is 5.46. The van der Waals surface area contributed by atoms with E-state index in [1.165, 1.54) is 6.07 Å². The van der Waals surface area contributed by atoms with Crippen LogP contribution in [0.3, 0.4) is 0 Å². The molecule has 1 heteroatoms. The third-order valence-electron chi connectivity index (χ3n) is 7.58. The molecule has 47 heavy (non-hydrogen) atoms. The first-order chi connectivity index (χ1) is 30.8. The molecule has 0 unspecified atom stereocenters. The normalized spacial score (nSPS) is 16.3. The van der Waals surface area contributed by atoms with Crippen LogP contribution in [0.4, 0.5) is 17.1 Å². The standard InChI is InChI=1S/C46H33N/c1-4-13-34(14-5-1)36-25-29-41(30-26-36)47(42-31-27-37(28-32-42)35-15-6-2-7-16-35)43-22-10-21-40(33-43)45-24-12-20-39-19-11-23-44(46(39)45)38-17-8-3-9-18-38/h1-33H/i1D,2D,4D,5D,6D,7D,13D,14D,15D,16D,25D,26D,27D,28D,29D,30D,31D,32D. The molecule has 0 fully saturated rings. The van der Waals surface area contributed by atoms with Crippen molar-refractivity contribution in [3.05, 3.63) is 200 Å². The van der Waals surface area contributed by atoms with Gasteiger partial charge in [0.05, 0.1) is 24.7 Å². The van der Waals surface area contributed by atoms with Crippen LogP contribution in [-0.4, -0.2) is 0 Å². The summed E-state index contributed by atoms with van der Waals surface area (Å²) >= 11 is 0. The lowest BCUT2D eigenvalue weighted by Crippen LogP contribution is -2.10. The molecule has 0 aliphatic carbocycles. The average molecular weight is 618 g/mol. The highest BCUT2D eigenvalue weighted by Gasteiger charge is 2.16. The highest BCUT2D eigenvalue weighted by molar-refractivity contribution is 6.06. The van der Waals surface area contributed by atoms with Gasteiger partial charge in [-0.25, -0.2) is 0 Å². The summed E-state index contributed by atoms with van der Waals surface area (Å²) in [5, 5.41) is 1.74. The summed E-state index contributed by atoms with van der Waals surface area (Å²) in [5.74, 6) is 0. The van der Waals surface area contributed by atoms with Gasteiger partial charge in [0.15, 0.2) is 0 Å². The van der Waals surface area contributed by atoms with Gasteiger partial charge >= 0.3 is 0 Å². The van der Waals surface area contributed by atoms with Crippen LogP contribution < -0.4 is 4.90 Å². The van der Waals surface area contributed by atoms with Crippen LogP contribution in [0.5, 0.6) is 0 Å². The molecule has 0 radical (unpaired) electrons. The Morgan fingerprint density at radius 1 is 0.340 bits per heavy atom. The number of rotatable bonds is 7. The molecular formula is C46H33N. The fourth-order valence-electron chi connectivity index (χ4n) is 5.46. The molecule has 8 rings (SSSR count). The highest BCUT2D eigenvalue weighted by Crippen LogP contribution is 2.41. The molecule has 8 aromatic carbocycles. The van der Waals surface area contributed by atoms with Gasteiger partial charge in [-0.1, -0.05) is 163 Å². The topological polar surface area (TPSA) is 3.24 Å². The summed E-state index contributed by atoms with van der Waals surface area (Å²) in [6.07, 6.45) is 0. The van der Waals surface area contributed by atoms with Crippen molar-refractivity contribution < 1.29 is 24.7 Å². The predicted octanol–water partition coefficient (Wildman–Crippen LogP) is 13.0. The van der Waals surface area contributed by atoms with Gasteiger partial charge in [-0.3, -0.25) is 0 Å². The largest absolute Gasteiger partial charge is 0.310 e. The van der Waals surface area contributed by atoms with E-state index in [4.69, 9.17) is 13.7 Å². The van der Waals surface area contributed by atoms with Crippen LogP contribution in [0.15, 0.2) is 200 Å². The Morgan fingerprint density at radius 2 is 0.809 bits per heavy atom. The summed E-state index contributed by atoms with van der Waals surface area (Å²) in [4.78, 5) is 1.02. The highest BCUT2D eigenvalue weighted by atomic mass is 15.1.